The van der Waals surface area contributed by atoms with E-state index in [1.54, 1.807) is 30.0 Å². The topological polar surface area (TPSA) is 58.2 Å². The highest BCUT2D eigenvalue weighted by atomic mass is 32.2. The van der Waals surface area contributed by atoms with Gasteiger partial charge in [0.2, 0.25) is 10.0 Å². The second-order valence-corrected chi connectivity index (χ2v) is 6.92. The van der Waals surface area contributed by atoms with Crippen LogP contribution in [0.3, 0.4) is 0 Å². The van der Waals surface area contributed by atoms with Gasteiger partial charge in [-0.05, 0) is 18.6 Å². The van der Waals surface area contributed by atoms with Crippen LogP contribution in [0.25, 0.3) is 0 Å². The largest absolute Gasteiger partial charge is 0.383 e. The maximum Gasteiger partial charge on any atom is 0.242 e. The molecule has 1 aromatic rings. The standard InChI is InChI=1S/C14H20N2O2S2/c1-3-9-16-20(17,18)14-8-6-5-7-13(14)15-10-12-19-11-4-2/h2,5-8,15-16H,3,9-12H2,1H3. The molecule has 0 heterocycles. The highest BCUT2D eigenvalue weighted by Gasteiger charge is 2.16. The number of thioether (sulfide) groups is 1. The lowest BCUT2D eigenvalue weighted by Gasteiger charge is -2.12. The van der Waals surface area contributed by atoms with E-state index in [9.17, 15) is 8.42 Å². The fraction of sp³-hybridized carbons (Fsp3) is 0.429. The minimum atomic E-state index is -3.45. The van der Waals surface area contributed by atoms with Crippen LogP contribution in [0.15, 0.2) is 29.2 Å². The van der Waals surface area contributed by atoms with Gasteiger partial charge in [0.15, 0.2) is 0 Å². The van der Waals surface area contributed by atoms with E-state index in [-0.39, 0.29) is 4.90 Å². The zero-order valence-corrected chi connectivity index (χ0v) is 13.2. The summed E-state index contributed by atoms with van der Waals surface area (Å²) in [5.41, 5.74) is 0.623. The zero-order valence-electron chi connectivity index (χ0n) is 11.6. The Bertz CT molecular complexity index is 551. The molecule has 0 unspecified atom stereocenters. The van der Waals surface area contributed by atoms with Gasteiger partial charge in [0, 0.05) is 18.8 Å². The van der Waals surface area contributed by atoms with Crippen LogP contribution in [0.2, 0.25) is 0 Å². The molecular weight excluding hydrogens is 292 g/mol. The highest BCUT2D eigenvalue weighted by molar-refractivity contribution is 7.99. The predicted molar refractivity (Wildman–Crippen MR) is 86.6 cm³/mol. The zero-order chi connectivity index (χ0) is 14.8. The molecule has 0 radical (unpaired) electrons. The average molecular weight is 312 g/mol. The summed E-state index contributed by atoms with van der Waals surface area (Å²) in [6.07, 6.45) is 5.93. The van der Waals surface area contributed by atoms with Gasteiger partial charge in [-0.25, -0.2) is 13.1 Å². The van der Waals surface area contributed by atoms with Gasteiger partial charge >= 0.3 is 0 Å². The molecule has 1 aromatic carbocycles. The van der Waals surface area contributed by atoms with Crippen LogP contribution in [0.1, 0.15) is 13.3 Å². The summed E-state index contributed by atoms with van der Waals surface area (Å²) in [5.74, 6) is 4.06. The summed E-state index contributed by atoms with van der Waals surface area (Å²) in [6, 6.07) is 6.91. The quantitative estimate of drug-likeness (QED) is 0.542. The number of hydrogen-bond donors (Lipinski definition) is 2. The minimum absolute atomic E-state index is 0.287. The summed E-state index contributed by atoms with van der Waals surface area (Å²) in [5, 5.41) is 3.15. The first kappa shape index (κ1) is 16.9. The summed E-state index contributed by atoms with van der Waals surface area (Å²) in [6.45, 7) is 3.04. The van der Waals surface area contributed by atoms with Crippen molar-refractivity contribution in [2.75, 3.05) is 29.9 Å². The highest BCUT2D eigenvalue weighted by Crippen LogP contribution is 2.20. The van der Waals surface area contributed by atoms with Crippen LogP contribution < -0.4 is 10.0 Å². The number of benzene rings is 1. The Morgan fingerprint density at radius 1 is 1.30 bits per heavy atom. The number of anilines is 1. The van der Waals surface area contributed by atoms with E-state index in [0.29, 0.717) is 24.5 Å². The maximum absolute atomic E-state index is 12.2. The number of hydrogen-bond acceptors (Lipinski definition) is 4. The molecule has 6 heteroatoms. The monoisotopic (exact) mass is 312 g/mol. The second kappa shape index (κ2) is 8.90. The van der Waals surface area contributed by atoms with Crippen molar-refractivity contribution in [3.05, 3.63) is 24.3 Å². The number of rotatable bonds is 9. The lowest BCUT2D eigenvalue weighted by atomic mass is 10.3. The molecule has 110 valence electrons. The molecule has 1 rings (SSSR count). The molecular formula is C14H20N2O2S2. The van der Waals surface area contributed by atoms with Crippen molar-refractivity contribution < 1.29 is 8.42 Å². The van der Waals surface area contributed by atoms with Gasteiger partial charge in [-0.3, -0.25) is 0 Å². The van der Waals surface area contributed by atoms with Crippen molar-refractivity contribution >= 4 is 27.5 Å². The lowest BCUT2D eigenvalue weighted by Crippen LogP contribution is -2.25. The van der Waals surface area contributed by atoms with Crippen molar-refractivity contribution in [1.82, 2.24) is 4.72 Å². The van der Waals surface area contributed by atoms with Crippen molar-refractivity contribution in [2.24, 2.45) is 0 Å². The molecule has 20 heavy (non-hydrogen) atoms. The SMILES string of the molecule is C#CCSCCNc1ccccc1S(=O)(=O)NCCC. The molecule has 0 spiro atoms. The Hall–Kier alpha value is -1.16. The Morgan fingerprint density at radius 3 is 2.75 bits per heavy atom. The van der Waals surface area contributed by atoms with Crippen LogP contribution in [0.4, 0.5) is 5.69 Å². The van der Waals surface area contributed by atoms with Gasteiger partial charge in [0.25, 0.3) is 0 Å². The number of para-hydroxylation sites is 1. The van der Waals surface area contributed by atoms with Crippen molar-refractivity contribution in [1.29, 1.82) is 0 Å². The molecule has 0 aliphatic carbocycles. The molecule has 0 aliphatic rings. The molecule has 0 saturated heterocycles. The number of sulfonamides is 1. The molecule has 4 nitrogen and oxygen atoms in total. The smallest absolute Gasteiger partial charge is 0.242 e. The first-order valence-electron chi connectivity index (χ1n) is 6.45. The van der Waals surface area contributed by atoms with Crippen molar-refractivity contribution in [3.8, 4) is 12.3 Å². The van der Waals surface area contributed by atoms with E-state index in [1.165, 1.54) is 0 Å². The molecule has 0 saturated carbocycles. The van der Waals surface area contributed by atoms with Crippen LogP contribution in [0, 0.1) is 12.3 Å². The van der Waals surface area contributed by atoms with Crippen molar-refractivity contribution in [2.45, 2.75) is 18.2 Å². The average Bonchev–Trinajstić information content (AvgIpc) is 2.45. The van der Waals surface area contributed by atoms with Gasteiger partial charge in [-0.15, -0.1) is 18.2 Å². The van der Waals surface area contributed by atoms with Gasteiger partial charge in [-0.1, -0.05) is 25.0 Å². The van der Waals surface area contributed by atoms with E-state index in [4.69, 9.17) is 6.42 Å². The Kier molecular flexibility index (Phi) is 7.52. The first-order chi connectivity index (χ1) is 9.61. The molecule has 0 amide bonds. The van der Waals surface area contributed by atoms with Crippen molar-refractivity contribution in [3.63, 3.8) is 0 Å². The van der Waals surface area contributed by atoms with Crippen LogP contribution in [-0.4, -0.2) is 33.0 Å². The van der Waals surface area contributed by atoms with Crippen LogP contribution in [-0.2, 0) is 10.0 Å². The fourth-order valence-electron chi connectivity index (χ4n) is 1.55. The van der Waals surface area contributed by atoms with E-state index in [0.717, 1.165) is 12.2 Å². The van der Waals surface area contributed by atoms with Gasteiger partial charge in [-0.2, -0.15) is 0 Å². The molecule has 0 aromatic heterocycles. The molecule has 0 fully saturated rings. The Morgan fingerprint density at radius 2 is 2.05 bits per heavy atom. The second-order valence-electron chi connectivity index (χ2n) is 4.08. The summed E-state index contributed by atoms with van der Waals surface area (Å²) < 4.78 is 26.9. The predicted octanol–water partition coefficient (Wildman–Crippen LogP) is 2.15. The third-order valence-corrected chi connectivity index (χ3v) is 4.85. The molecule has 0 atom stereocenters. The van der Waals surface area contributed by atoms with Gasteiger partial charge in [0.05, 0.1) is 11.4 Å². The third-order valence-electron chi connectivity index (χ3n) is 2.47. The van der Waals surface area contributed by atoms with Gasteiger partial charge < -0.3 is 5.32 Å². The van der Waals surface area contributed by atoms with E-state index >= 15 is 0 Å². The Labute approximate surface area is 125 Å². The first-order valence-corrected chi connectivity index (χ1v) is 9.09. The van der Waals surface area contributed by atoms with E-state index in [1.807, 2.05) is 13.0 Å². The number of terminal acetylenes is 1. The summed E-state index contributed by atoms with van der Waals surface area (Å²) >= 11 is 1.64. The van der Waals surface area contributed by atoms with Gasteiger partial charge in [0.1, 0.15) is 4.90 Å². The molecule has 0 bridgehead atoms. The fourth-order valence-corrected chi connectivity index (χ4v) is 3.37. The third kappa shape index (κ3) is 5.45. The summed E-state index contributed by atoms with van der Waals surface area (Å²) in [4.78, 5) is 0.287. The normalized spacial score (nSPS) is 11.0. The van der Waals surface area contributed by atoms with E-state index in [2.05, 4.69) is 16.0 Å². The summed E-state index contributed by atoms with van der Waals surface area (Å²) in [7, 11) is -3.45. The molecule has 0 aliphatic heterocycles. The van der Waals surface area contributed by atoms with E-state index < -0.39 is 10.0 Å². The van der Waals surface area contributed by atoms with Crippen LogP contribution >= 0.6 is 11.8 Å². The minimum Gasteiger partial charge on any atom is -0.383 e. The maximum atomic E-state index is 12.2. The Balaban J connectivity index is 2.71. The molecule has 2 N–H and O–H groups in total. The number of nitrogens with one attached hydrogen (secondary N) is 2. The van der Waals surface area contributed by atoms with Crippen LogP contribution in [0.5, 0.6) is 0 Å². The lowest BCUT2D eigenvalue weighted by molar-refractivity contribution is 0.581.